The topological polar surface area (TPSA) is 71.8 Å². The first kappa shape index (κ1) is 19.2. The van der Waals surface area contributed by atoms with Gasteiger partial charge in [0.25, 0.3) is 0 Å². The number of nitrogens with zero attached hydrogens (tertiary/aromatic N) is 3. The van der Waals surface area contributed by atoms with Gasteiger partial charge in [-0.25, -0.2) is 9.18 Å². The Morgan fingerprint density at radius 3 is 2.80 bits per heavy atom. The van der Waals surface area contributed by atoms with Crippen LogP contribution in [0.4, 0.5) is 20.6 Å². The zero-order valence-corrected chi connectivity index (χ0v) is 16.4. The molecular formula is C23H18FN5O. The third-order valence-electron chi connectivity index (χ3n) is 4.51. The monoisotopic (exact) mass is 399 g/mol. The Bertz CT molecular complexity index is 1320. The molecule has 0 aliphatic carbocycles. The maximum Gasteiger partial charge on any atom is 0.323 e. The van der Waals surface area contributed by atoms with Crippen LogP contribution in [0.2, 0.25) is 0 Å². The van der Waals surface area contributed by atoms with Gasteiger partial charge >= 0.3 is 6.03 Å². The summed E-state index contributed by atoms with van der Waals surface area (Å²) in [6, 6.07) is 11.1. The molecule has 0 spiro atoms. The quantitative estimate of drug-likeness (QED) is 0.489. The second-order valence-corrected chi connectivity index (χ2v) is 6.78. The van der Waals surface area contributed by atoms with Crippen LogP contribution in [0.1, 0.15) is 16.7 Å². The van der Waals surface area contributed by atoms with Gasteiger partial charge in [-0.3, -0.25) is 9.67 Å². The molecule has 148 valence electrons. The van der Waals surface area contributed by atoms with Crippen LogP contribution >= 0.6 is 0 Å². The predicted molar refractivity (Wildman–Crippen MR) is 115 cm³/mol. The van der Waals surface area contributed by atoms with E-state index in [1.165, 1.54) is 6.07 Å². The SMILES string of the molecule is Cc1ccc(F)c(NC(=O)Nc2cccc(C#Cc3cncc4c3cnn4C)c2)c1. The first-order valence-electron chi connectivity index (χ1n) is 9.21. The van der Waals surface area contributed by atoms with Gasteiger partial charge in [0, 0.05) is 29.9 Å². The Labute approximate surface area is 172 Å². The highest BCUT2D eigenvalue weighted by molar-refractivity contribution is 6.00. The van der Waals surface area contributed by atoms with E-state index in [1.807, 2.05) is 20.0 Å². The third kappa shape index (κ3) is 4.13. The van der Waals surface area contributed by atoms with E-state index < -0.39 is 11.8 Å². The second kappa shape index (κ2) is 8.05. The number of hydrogen-bond donors (Lipinski definition) is 2. The van der Waals surface area contributed by atoms with Crippen molar-refractivity contribution >= 4 is 28.3 Å². The molecule has 7 heteroatoms. The number of rotatable bonds is 2. The Kier molecular flexibility index (Phi) is 5.14. The fraction of sp³-hybridized carbons (Fsp3) is 0.0870. The molecule has 0 saturated carbocycles. The standard InChI is InChI=1S/C23H18FN5O/c1-15-6-9-20(24)21(10-15)28-23(30)27-18-5-3-4-16(11-18)7-8-17-12-25-14-22-19(17)13-26-29(22)2/h3-6,9-14H,1-2H3,(H2,27,28,30). The molecule has 0 fully saturated rings. The van der Waals surface area contributed by atoms with E-state index in [0.717, 1.165) is 27.6 Å². The summed E-state index contributed by atoms with van der Waals surface area (Å²) in [6.45, 7) is 1.83. The maximum absolute atomic E-state index is 13.8. The second-order valence-electron chi connectivity index (χ2n) is 6.78. The highest BCUT2D eigenvalue weighted by Gasteiger charge is 2.08. The lowest BCUT2D eigenvalue weighted by Gasteiger charge is -2.09. The number of aromatic nitrogens is 3. The molecule has 0 bridgehead atoms. The molecule has 0 unspecified atom stereocenters. The molecule has 0 atom stereocenters. The molecule has 2 amide bonds. The summed E-state index contributed by atoms with van der Waals surface area (Å²) in [5.41, 5.74) is 3.91. The Balaban J connectivity index is 1.51. The number of aryl methyl sites for hydroxylation is 2. The number of pyridine rings is 1. The maximum atomic E-state index is 13.8. The van der Waals surface area contributed by atoms with Gasteiger partial charge in [0.15, 0.2) is 0 Å². The minimum absolute atomic E-state index is 0.125. The Hall–Kier alpha value is -4.18. The number of urea groups is 1. The molecule has 6 nitrogen and oxygen atoms in total. The molecule has 4 aromatic rings. The van der Waals surface area contributed by atoms with Crippen LogP contribution in [0.5, 0.6) is 0 Å². The molecule has 0 aliphatic heterocycles. The molecule has 2 heterocycles. The van der Waals surface area contributed by atoms with E-state index >= 15 is 0 Å². The van der Waals surface area contributed by atoms with E-state index in [2.05, 4.69) is 32.6 Å². The van der Waals surface area contributed by atoms with Gasteiger partial charge in [0.05, 0.1) is 29.2 Å². The zero-order chi connectivity index (χ0) is 21.1. The van der Waals surface area contributed by atoms with Gasteiger partial charge in [-0.05, 0) is 42.8 Å². The summed E-state index contributed by atoms with van der Waals surface area (Å²) in [5, 5.41) is 10.4. The third-order valence-corrected chi connectivity index (χ3v) is 4.51. The number of carbonyl (C=O) groups excluding carboxylic acids is 1. The first-order valence-corrected chi connectivity index (χ1v) is 9.21. The molecule has 4 rings (SSSR count). The van der Waals surface area contributed by atoms with Crippen LogP contribution < -0.4 is 10.6 Å². The Morgan fingerprint density at radius 2 is 1.93 bits per heavy atom. The zero-order valence-electron chi connectivity index (χ0n) is 16.4. The van der Waals surface area contributed by atoms with Crippen LogP contribution in [0, 0.1) is 24.6 Å². The lowest BCUT2D eigenvalue weighted by molar-refractivity contribution is 0.262. The van der Waals surface area contributed by atoms with E-state index in [0.29, 0.717) is 5.69 Å². The number of halogens is 1. The van der Waals surface area contributed by atoms with Gasteiger partial charge < -0.3 is 10.6 Å². The van der Waals surface area contributed by atoms with Crippen LogP contribution in [0.15, 0.2) is 61.1 Å². The molecular weight excluding hydrogens is 381 g/mol. The molecule has 2 aromatic carbocycles. The van der Waals surface area contributed by atoms with Crippen molar-refractivity contribution in [2.45, 2.75) is 6.92 Å². The Morgan fingerprint density at radius 1 is 1.07 bits per heavy atom. The average molecular weight is 399 g/mol. The summed E-state index contributed by atoms with van der Waals surface area (Å²) in [6.07, 6.45) is 5.20. The van der Waals surface area contributed by atoms with Gasteiger partial charge in [0.1, 0.15) is 5.82 Å². The van der Waals surface area contributed by atoms with Crippen molar-refractivity contribution in [1.82, 2.24) is 14.8 Å². The van der Waals surface area contributed by atoms with E-state index in [-0.39, 0.29) is 5.69 Å². The lowest BCUT2D eigenvalue weighted by atomic mass is 10.1. The highest BCUT2D eigenvalue weighted by Crippen LogP contribution is 2.18. The summed E-state index contributed by atoms with van der Waals surface area (Å²) in [7, 11) is 1.85. The summed E-state index contributed by atoms with van der Waals surface area (Å²) in [5.74, 6) is 5.70. The van der Waals surface area contributed by atoms with Gasteiger partial charge in [0.2, 0.25) is 0 Å². The smallest absolute Gasteiger partial charge is 0.308 e. The molecule has 2 aromatic heterocycles. The van der Waals surface area contributed by atoms with Crippen molar-refractivity contribution in [3.8, 4) is 11.8 Å². The van der Waals surface area contributed by atoms with Crippen LogP contribution in [0.3, 0.4) is 0 Å². The van der Waals surface area contributed by atoms with E-state index in [4.69, 9.17) is 0 Å². The average Bonchev–Trinajstić information content (AvgIpc) is 3.11. The van der Waals surface area contributed by atoms with Crippen LogP contribution in [0.25, 0.3) is 10.9 Å². The molecule has 0 saturated heterocycles. The fourth-order valence-corrected chi connectivity index (χ4v) is 2.99. The van der Waals surface area contributed by atoms with Crippen molar-refractivity contribution in [2.24, 2.45) is 7.05 Å². The van der Waals surface area contributed by atoms with Crippen molar-refractivity contribution in [2.75, 3.05) is 10.6 Å². The predicted octanol–water partition coefficient (Wildman–Crippen LogP) is 4.46. The molecule has 0 radical (unpaired) electrons. The first-order chi connectivity index (χ1) is 14.5. The largest absolute Gasteiger partial charge is 0.323 e. The van der Waals surface area contributed by atoms with Crippen LogP contribution in [-0.2, 0) is 7.05 Å². The minimum atomic E-state index is -0.533. The molecule has 0 aliphatic rings. The number of nitrogens with one attached hydrogen (secondary N) is 2. The number of carbonyl (C=O) groups is 1. The van der Waals surface area contributed by atoms with Crippen molar-refractivity contribution in [1.29, 1.82) is 0 Å². The summed E-state index contributed by atoms with van der Waals surface area (Å²) >= 11 is 0. The van der Waals surface area contributed by atoms with E-state index in [1.54, 1.807) is 53.6 Å². The van der Waals surface area contributed by atoms with Crippen LogP contribution in [-0.4, -0.2) is 20.8 Å². The van der Waals surface area contributed by atoms with Gasteiger partial charge in [-0.15, -0.1) is 0 Å². The molecule has 2 N–H and O–H groups in total. The summed E-state index contributed by atoms with van der Waals surface area (Å²) in [4.78, 5) is 16.5. The number of hydrogen-bond acceptors (Lipinski definition) is 3. The minimum Gasteiger partial charge on any atom is -0.308 e. The lowest BCUT2D eigenvalue weighted by Crippen LogP contribution is -2.20. The van der Waals surface area contributed by atoms with Crippen molar-refractivity contribution < 1.29 is 9.18 Å². The number of fused-ring (bicyclic) bond motifs is 1. The van der Waals surface area contributed by atoms with Crippen molar-refractivity contribution in [3.05, 3.63) is 83.6 Å². The summed E-state index contributed by atoms with van der Waals surface area (Å²) < 4.78 is 15.6. The highest BCUT2D eigenvalue weighted by atomic mass is 19.1. The van der Waals surface area contributed by atoms with Gasteiger partial charge in [-0.2, -0.15) is 5.10 Å². The number of amides is 2. The van der Waals surface area contributed by atoms with E-state index in [9.17, 15) is 9.18 Å². The molecule has 30 heavy (non-hydrogen) atoms. The number of anilines is 2. The van der Waals surface area contributed by atoms with Gasteiger partial charge in [-0.1, -0.05) is 24.0 Å². The normalized spacial score (nSPS) is 10.4. The number of benzene rings is 2. The fourth-order valence-electron chi connectivity index (χ4n) is 2.99. The van der Waals surface area contributed by atoms with Crippen molar-refractivity contribution in [3.63, 3.8) is 0 Å².